The zero-order valence-corrected chi connectivity index (χ0v) is 18.1. The summed E-state index contributed by atoms with van der Waals surface area (Å²) in [5, 5.41) is 10.5. The monoisotopic (exact) mass is 489 g/mol. The molecule has 4 rings (SSSR count). The lowest BCUT2D eigenvalue weighted by molar-refractivity contribution is -0.131. The summed E-state index contributed by atoms with van der Waals surface area (Å²) in [5.74, 6) is -2.61. The molecule has 3 aromatic carbocycles. The molecule has 4 amide bonds. The summed E-state index contributed by atoms with van der Waals surface area (Å²) >= 11 is 3.31. The fraction of sp³-hybridized carbons (Fsp3) is 0.0435. The Hall–Kier alpha value is -3.98. The summed E-state index contributed by atoms with van der Waals surface area (Å²) in [6.07, 6.45) is 1.23. The van der Waals surface area contributed by atoms with E-state index in [1.807, 2.05) is 30.3 Å². The Morgan fingerprint density at radius 3 is 2.03 bits per heavy atom. The highest BCUT2D eigenvalue weighted by Crippen LogP contribution is 2.24. The van der Waals surface area contributed by atoms with Crippen LogP contribution >= 0.6 is 15.9 Å². The highest BCUT2D eigenvalue weighted by Gasteiger charge is 2.40. The average Bonchev–Trinajstić information content (AvgIpc) is 2.80. The minimum absolute atomic E-state index is 0.356. The van der Waals surface area contributed by atoms with E-state index in [2.05, 4.69) is 36.5 Å². The number of azo groups is 1. The average molecular weight is 490 g/mol. The van der Waals surface area contributed by atoms with Crippen molar-refractivity contribution in [1.29, 1.82) is 0 Å². The van der Waals surface area contributed by atoms with Gasteiger partial charge in [-0.05, 0) is 60.7 Å². The van der Waals surface area contributed by atoms with Crippen molar-refractivity contribution < 1.29 is 14.4 Å². The first kappa shape index (κ1) is 21.3. The number of aliphatic imine (C=N–C) groups is 1. The number of urea groups is 1. The summed E-state index contributed by atoms with van der Waals surface area (Å²) in [6, 6.07) is 22.0. The molecule has 1 N–H and O–H groups in total. The first-order chi connectivity index (χ1) is 15.5. The zero-order chi connectivity index (χ0) is 22.5. The zero-order valence-electron chi connectivity index (χ0n) is 16.6. The van der Waals surface area contributed by atoms with Gasteiger partial charge in [-0.1, -0.05) is 34.1 Å². The van der Waals surface area contributed by atoms with Gasteiger partial charge in [-0.15, -0.1) is 0 Å². The molecular formula is C23H16BrN5O3. The molecular weight excluding hydrogens is 474 g/mol. The minimum Gasteiger partial charge on any atom is -0.276 e. The normalized spacial score (nSPS) is 16.7. The minimum atomic E-state index is -1.23. The fourth-order valence-corrected chi connectivity index (χ4v) is 3.20. The molecule has 1 aliphatic heterocycles. The predicted molar refractivity (Wildman–Crippen MR) is 124 cm³/mol. The van der Waals surface area contributed by atoms with E-state index >= 15 is 0 Å². The second-order valence-electron chi connectivity index (χ2n) is 6.75. The molecule has 32 heavy (non-hydrogen) atoms. The number of barbiturate groups is 1. The van der Waals surface area contributed by atoms with Crippen LogP contribution in [0.4, 0.5) is 27.5 Å². The molecule has 8 nitrogen and oxygen atoms in total. The second-order valence-corrected chi connectivity index (χ2v) is 7.67. The summed E-state index contributed by atoms with van der Waals surface area (Å²) in [4.78, 5) is 42.5. The molecule has 3 aromatic rings. The van der Waals surface area contributed by atoms with Gasteiger partial charge in [0.25, 0.3) is 5.91 Å². The van der Waals surface area contributed by atoms with Gasteiger partial charge in [0.1, 0.15) is 0 Å². The molecule has 1 saturated heterocycles. The Labute approximate surface area is 191 Å². The Kier molecular flexibility index (Phi) is 6.27. The number of hydrogen-bond acceptors (Lipinski definition) is 6. The Balaban J connectivity index is 1.48. The van der Waals surface area contributed by atoms with Crippen molar-refractivity contribution in [2.24, 2.45) is 21.1 Å². The number of halogens is 1. The SMILES string of the molecule is O=C1NC(=O)N(c2ccc(Br)cc2)C(=O)[C@H]1C=Nc1ccc(N=Nc2ccccc2)cc1. The van der Waals surface area contributed by atoms with Gasteiger partial charge in [0.15, 0.2) is 5.92 Å². The third-order valence-electron chi connectivity index (χ3n) is 4.55. The maximum Gasteiger partial charge on any atom is 0.335 e. The van der Waals surface area contributed by atoms with Crippen molar-refractivity contribution in [1.82, 2.24) is 5.32 Å². The number of benzene rings is 3. The van der Waals surface area contributed by atoms with Crippen LogP contribution in [0.3, 0.4) is 0 Å². The smallest absolute Gasteiger partial charge is 0.276 e. The summed E-state index contributed by atoms with van der Waals surface area (Å²) in [7, 11) is 0. The molecule has 1 atom stereocenters. The van der Waals surface area contributed by atoms with Gasteiger partial charge in [-0.25, -0.2) is 9.69 Å². The second kappa shape index (κ2) is 9.44. The van der Waals surface area contributed by atoms with E-state index in [4.69, 9.17) is 0 Å². The van der Waals surface area contributed by atoms with Crippen LogP contribution in [0, 0.1) is 5.92 Å². The summed E-state index contributed by atoms with van der Waals surface area (Å²) in [5.41, 5.74) is 2.25. The molecule has 0 radical (unpaired) electrons. The maximum absolute atomic E-state index is 12.8. The summed E-state index contributed by atoms with van der Waals surface area (Å²) in [6.45, 7) is 0. The van der Waals surface area contributed by atoms with E-state index in [1.165, 1.54) is 6.21 Å². The van der Waals surface area contributed by atoms with Crippen LogP contribution in [-0.4, -0.2) is 24.1 Å². The van der Waals surface area contributed by atoms with Gasteiger partial charge >= 0.3 is 6.03 Å². The largest absolute Gasteiger partial charge is 0.335 e. The highest BCUT2D eigenvalue weighted by atomic mass is 79.9. The van der Waals surface area contributed by atoms with Gasteiger partial charge in [0, 0.05) is 10.7 Å². The molecule has 1 aliphatic rings. The van der Waals surface area contributed by atoms with E-state index in [1.54, 1.807) is 48.5 Å². The third-order valence-corrected chi connectivity index (χ3v) is 5.08. The molecule has 0 spiro atoms. The molecule has 1 fully saturated rings. The van der Waals surface area contributed by atoms with Crippen molar-refractivity contribution in [3.63, 3.8) is 0 Å². The van der Waals surface area contributed by atoms with Crippen LogP contribution in [0.1, 0.15) is 0 Å². The van der Waals surface area contributed by atoms with Crippen molar-refractivity contribution in [3.8, 4) is 0 Å². The van der Waals surface area contributed by atoms with Gasteiger partial charge in [0.2, 0.25) is 5.91 Å². The van der Waals surface area contributed by atoms with E-state index in [-0.39, 0.29) is 0 Å². The fourth-order valence-electron chi connectivity index (χ4n) is 2.93. The number of rotatable bonds is 5. The maximum atomic E-state index is 12.8. The van der Waals surface area contributed by atoms with Crippen molar-refractivity contribution >= 4 is 62.7 Å². The number of nitrogens with one attached hydrogen (secondary N) is 1. The molecule has 158 valence electrons. The van der Waals surface area contributed by atoms with Gasteiger partial charge in [-0.3, -0.25) is 19.9 Å². The lowest BCUT2D eigenvalue weighted by Crippen LogP contribution is -2.58. The molecule has 9 heteroatoms. The molecule has 0 bridgehead atoms. The number of imide groups is 2. The molecule has 0 aromatic heterocycles. The molecule has 0 saturated carbocycles. The van der Waals surface area contributed by atoms with Crippen LogP contribution in [0.25, 0.3) is 0 Å². The van der Waals surface area contributed by atoms with E-state index < -0.39 is 23.8 Å². The number of carbonyl (C=O) groups is 3. The topological polar surface area (TPSA) is 104 Å². The van der Waals surface area contributed by atoms with Crippen LogP contribution in [0.15, 0.2) is 98.6 Å². The number of anilines is 1. The van der Waals surface area contributed by atoms with Crippen LogP contribution in [-0.2, 0) is 9.59 Å². The third kappa shape index (κ3) is 4.84. The Morgan fingerprint density at radius 1 is 0.781 bits per heavy atom. The lowest BCUT2D eigenvalue weighted by Gasteiger charge is -2.28. The number of nitrogens with zero attached hydrogens (tertiary/aromatic N) is 4. The van der Waals surface area contributed by atoms with E-state index in [9.17, 15) is 14.4 Å². The Morgan fingerprint density at radius 2 is 1.38 bits per heavy atom. The lowest BCUT2D eigenvalue weighted by atomic mass is 10.1. The quantitative estimate of drug-likeness (QED) is 0.292. The molecule has 0 aliphatic carbocycles. The first-order valence-electron chi connectivity index (χ1n) is 9.57. The van der Waals surface area contributed by atoms with Crippen LogP contribution in [0.5, 0.6) is 0 Å². The number of amides is 4. The van der Waals surface area contributed by atoms with Crippen LogP contribution in [0.2, 0.25) is 0 Å². The number of hydrogen-bond donors (Lipinski definition) is 1. The van der Waals surface area contributed by atoms with Gasteiger partial charge < -0.3 is 0 Å². The van der Waals surface area contributed by atoms with Crippen molar-refractivity contribution in [3.05, 3.63) is 83.3 Å². The van der Waals surface area contributed by atoms with E-state index in [0.717, 1.165) is 15.1 Å². The van der Waals surface area contributed by atoms with E-state index in [0.29, 0.717) is 17.1 Å². The predicted octanol–water partition coefficient (Wildman–Crippen LogP) is 5.47. The highest BCUT2D eigenvalue weighted by molar-refractivity contribution is 9.10. The summed E-state index contributed by atoms with van der Waals surface area (Å²) < 4.78 is 0.798. The molecule has 0 unspecified atom stereocenters. The number of carbonyl (C=O) groups excluding carboxylic acids is 3. The Bertz CT molecular complexity index is 1210. The van der Waals surface area contributed by atoms with Crippen molar-refractivity contribution in [2.45, 2.75) is 0 Å². The standard InChI is InChI=1S/C23H16BrN5O3/c24-15-6-12-19(13-7-15)29-22(31)20(21(30)26-23(29)32)14-25-16-8-10-18(11-9-16)28-27-17-4-2-1-3-5-17/h1-14,20H,(H,26,30,32)/t20-/m0/s1. The first-order valence-corrected chi connectivity index (χ1v) is 10.4. The van der Waals surface area contributed by atoms with Crippen molar-refractivity contribution in [2.75, 3.05) is 4.90 Å². The van der Waals surface area contributed by atoms with Gasteiger partial charge in [-0.2, -0.15) is 10.2 Å². The van der Waals surface area contributed by atoms with Crippen LogP contribution < -0.4 is 10.2 Å². The van der Waals surface area contributed by atoms with Gasteiger partial charge in [0.05, 0.1) is 22.7 Å². The molecule has 1 heterocycles.